The van der Waals surface area contributed by atoms with Gasteiger partial charge in [0.2, 0.25) is 0 Å². The molecule has 0 saturated carbocycles. The second-order valence-electron chi connectivity index (χ2n) is 6.17. The van der Waals surface area contributed by atoms with Crippen LogP contribution < -0.4 is 5.32 Å². The molecular formula is C21H18N6O. The molecular weight excluding hydrogens is 352 g/mol. The molecule has 4 rings (SSSR count). The zero-order chi connectivity index (χ0) is 19.3. The molecule has 0 radical (unpaired) electrons. The van der Waals surface area contributed by atoms with Gasteiger partial charge in [0.1, 0.15) is 11.6 Å². The fourth-order valence-electron chi connectivity index (χ4n) is 2.85. The third-order valence-electron chi connectivity index (χ3n) is 4.31. The van der Waals surface area contributed by atoms with Gasteiger partial charge in [-0.15, -0.1) is 0 Å². The average Bonchev–Trinajstić information content (AvgIpc) is 3.18. The van der Waals surface area contributed by atoms with Crippen LogP contribution in [0.5, 0.6) is 0 Å². The Morgan fingerprint density at radius 2 is 1.75 bits per heavy atom. The molecule has 0 aliphatic carbocycles. The number of hydrogen-bond acceptors (Lipinski definition) is 5. The number of nitrogens with one attached hydrogen (secondary N) is 1. The third-order valence-corrected chi connectivity index (χ3v) is 4.31. The minimum atomic E-state index is -0.239. The highest BCUT2D eigenvalue weighted by Crippen LogP contribution is 2.15. The molecule has 28 heavy (non-hydrogen) atoms. The molecule has 1 N–H and O–H groups in total. The Balaban J connectivity index is 1.48. The largest absolute Gasteiger partial charge is 0.348 e. The Hall–Kier alpha value is -3.87. The Kier molecular flexibility index (Phi) is 4.88. The molecule has 3 aromatic heterocycles. The lowest BCUT2D eigenvalue weighted by Crippen LogP contribution is -2.24. The minimum Gasteiger partial charge on any atom is -0.348 e. The first-order valence-corrected chi connectivity index (χ1v) is 8.82. The summed E-state index contributed by atoms with van der Waals surface area (Å²) >= 11 is 0. The molecule has 0 fully saturated rings. The standard InChI is InChI=1S/C21H18N6O/c1-15-22-10-11-27(15)20-17(8-5-9-23-20)12-26-21(28)18-13-24-19(25-14-18)16-6-3-2-4-7-16/h2-11,13-14H,12H2,1H3,(H,26,28). The summed E-state index contributed by atoms with van der Waals surface area (Å²) in [5.74, 6) is 1.92. The quantitative estimate of drug-likeness (QED) is 0.584. The summed E-state index contributed by atoms with van der Waals surface area (Å²) < 4.78 is 1.89. The first-order valence-electron chi connectivity index (χ1n) is 8.82. The van der Waals surface area contributed by atoms with Crippen molar-refractivity contribution in [3.8, 4) is 17.2 Å². The van der Waals surface area contributed by atoms with Crippen LogP contribution in [0, 0.1) is 6.92 Å². The number of carbonyl (C=O) groups is 1. The molecule has 0 saturated heterocycles. The topological polar surface area (TPSA) is 85.6 Å². The maximum absolute atomic E-state index is 12.5. The second-order valence-corrected chi connectivity index (χ2v) is 6.17. The number of carbonyl (C=O) groups excluding carboxylic acids is 1. The summed E-state index contributed by atoms with van der Waals surface area (Å²) in [5, 5.41) is 2.90. The number of rotatable bonds is 5. The second kappa shape index (κ2) is 7.79. The Bertz CT molecular complexity index is 1090. The molecule has 7 heteroatoms. The number of aromatic nitrogens is 5. The number of nitrogens with zero attached hydrogens (tertiary/aromatic N) is 5. The van der Waals surface area contributed by atoms with Crippen LogP contribution in [0.4, 0.5) is 0 Å². The summed E-state index contributed by atoms with van der Waals surface area (Å²) in [7, 11) is 0. The van der Waals surface area contributed by atoms with E-state index in [9.17, 15) is 4.79 Å². The molecule has 1 amide bonds. The van der Waals surface area contributed by atoms with Crippen molar-refractivity contribution in [1.29, 1.82) is 0 Å². The van der Waals surface area contributed by atoms with Crippen molar-refractivity contribution in [2.24, 2.45) is 0 Å². The zero-order valence-corrected chi connectivity index (χ0v) is 15.3. The van der Waals surface area contributed by atoms with Crippen LogP contribution in [-0.2, 0) is 6.54 Å². The molecule has 138 valence electrons. The van der Waals surface area contributed by atoms with Crippen LogP contribution in [0.2, 0.25) is 0 Å². The summed E-state index contributed by atoms with van der Waals surface area (Å²) in [4.78, 5) is 29.8. The maximum Gasteiger partial charge on any atom is 0.254 e. The van der Waals surface area contributed by atoms with Crippen LogP contribution in [0.1, 0.15) is 21.7 Å². The highest BCUT2D eigenvalue weighted by molar-refractivity contribution is 5.93. The molecule has 0 aliphatic rings. The lowest BCUT2D eigenvalue weighted by molar-refractivity contribution is 0.0950. The first-order chi connectivity index (χ1) is 13.7. The van der Waals surface area contributed by atoms with Crippen molar-refractivity contribution in [2.75, 3.05) is 0 Å². The van der Waals surface area contributed by atoms with Gasteiger partial charge in [0.25, 0.3) is 5.91 Å². The number of imidazole rings is 1. The molecule has 3 heterocycles. The first kappa shape index (κ1) is 17.5. The number of benzene rings is 1. The minimum absolute atomic E-state index is 0.239. The van der Waals surface area contributed by atoms with Crippen molar-refractivity contribution in [3.05, 3.63) is 90.4 Å². The van der Waals surface area contributed by atoms with E-state index in [1.54, 1.807) is 12.4 Å². The molecule has 0 spiro atoms. The predicted molar refractivity (Wildman–Crippen MR) is 105 cm³/mol. The lowest BCUT2D eigenvalue weighted by atomic mass is 10.2. The van der Waals surface area contributed by atoms with Crippen LogP contribution in [0.15, 0.2) is 73.4 Å². The maximum atomic E-state index is 12.5. The highest BCUT2D eigenvalue weighted by atomic mass is 16.1. The van der Waals surface area contributed by atoms with Crippen LogP contribution >= 0.6 is 0 Å². The van der Waals surface area contributed by atoms with Gasteiger partial charge in [0.15, 0.2) is 5.82 Å². The molecule has 4 aromatic rings. The van der Waals surface area contributed by atoms with E-state index in [4.69, 9.17) is 0 Å². The van der Waals surface area contributed by atoms with Crippen molar-refractivity contribution in [3.63, 3.8) is 0 Å². The Morgan fingerprint density at radius 1 is 0.964 bits per heavy atom. The van der Waals surface area contributed by atoms with Gasteiger partial charge in [-0.05, 0) is 13.0 Å². The molecule has 1 aromatic carbocycles. The highest BCUT2D eigenvalue weighted by Gasteiger charge is 2.11. The predicted octanol–water partition coefficient (Wildman–Crippen LogP) is 2.96. The van der Waals surface area contributed by atoms with Crippen molar-refractivity contribution in [1.82, 2.24) is 29.8 Å². The molecule has 0 unspecified atom stereocenters. The van der Waals surface area contributed by atoms with Crippen molar-refractivity contribution >= 4 is 5.91 Å². The van der Waals surface area contributed by atoms with Crippen molar-refractivity contribution < 1.29 is 4.79 Å². The zero-order valence-electron chi connectivity index (χ0n) is 15.3. The van der Waals surface area contributed by atoms with E-state index in [0.717, 1.165) is 22.8 Å². The summed E-state index contributed by atoms with van der Waals surface area (Å²) in [6, 6.07) is 13.4. The van der Waals surface area contributed by atoms with E-state index in [1.165, 1.54) is 12.4 Å². The van der Waals surface area contributed by atoms with E-state index < -0.39 is 0 Å². The molecule has 7 nitrogen and oxygen atoms in total. The van der Waals surface area contributed by atoms with E-state index in [1.807, 2.05) is 60.2 Å². The number of pyridine rings is 1. The van der Waals surface area contributed by atoms with Gasteiger partial charge in [-0.2, -0.15) is 0 Å². The third kappa shape index (κ3) is 3.64. The van der Waals surface area contributed by atoms with E-state index in [-0.39, 0.29) is 5.91 Å². The number of amides is 1. The van der Waals surface area contributed by atoms with Gasteiger partial charge in [0.05, 0.1) is 5.56 Å². The summed E-state index contributed by atoms with van der Waals surface area (Å²) in [6.45, 7) is 2.24. The normalized spacial score (nSPS) is 10.6. The van der Waals surface area contributed by atoms with Crippen LogP contribution in [0.3, 0.4) is 0 Å². The van der Waals surface area contributed by atoms with Crippen LogP contribution in [0.25, 0.3) is 17.2 Å². The van der Waals surface area contributed by atoms with Gasteiger partial charge in [-0.3, -0.25) is 9.36 Å². The fraction of sp³-hybridized carbons (Fsp3) is 0.0952. The van der Waals surface area contributed by atoms with E-state index in [2.05, 4.69) is 25.3 Å². The van der Waals surface area contributed by atoms with Gasteiger partial charge in [-0.1, -0.05) is 36.4 Å². The Labute approximate surface area is 162 Å². The Morgan fingerprint density at radius 3 is 2.46 bits per heavy atom. The summed E-state index contributed by atoms with van der Waals surface area (Å²) in [5.41, 5.74) is 2.20. The fourth-order valence-corrected chi connectivity index (χ4v) is 2.85. The lowest BCUT2D eigenvalue weighted by Gasteiger charge is -2.11. The SMILES string of the molecule is Cc1nccn1-c1ncccc1CNC(=O)c1cnc(-c2ccccc2)nc1. The molecule has 0 bridgehead atoms. The van der Waals surface area contributed by atoms with Gasteiger partial charge >= 0.3 is 0 Å². The van der Waals surface area contributed by atoms with Crippen LogP contribution in [-0.4, -0.2) is 30.4 Å². The molecule has 0 aliphatic heterocycles. The monoisotopic (exact) mass is 370 g/mol. The molecule has 0 atom stereocenters. The van der Waals surface area contributed by atoms with Gasteiger partial charge in [0, 0.05) is 48.7 Å². The van der Waals surface area contributed by atoms with Crippen molar-refractivity contribution in [2.45, 2.75) is 13.5 Å². The number of aryl methyl sites for hydroxylation is 1. The summed E-state index contributed by atoms with van der Waals surface area (Å²) in [6.07, 6.45) is 8.36. The van der Waals surface area contributed by atoms with E-state index in [0.29, 0.717) is 17.9 Å². The smallest absolute Gasteiger partial charge is 0.254 e. The van der Waals surface area contributed by atoms with Gasteiger partial charge < -0.3 is 5.32 Å². The van der Waals surface area contributed by atoms with E-state index >= 15 is 0 Å². The average molecular weight is 370 g/mol. The van der Waals surface area contributed by atoms with Gasteiger partial charge in [-0.25, -0.2) is 19.9 Å². The number of hydrogen-bond donors (Lipinski definition) is 1.